The highest BCUT2D eigenvalue weighted by atomic mass is 16.5. The van der Waals surface area contributed by atoms with Gasteiger partial charge in [0.15, 0.2) is 17.3 Å². The summed E-state index contributed by atoms with van der Waals surface area (Å²) in [6.07, 6.45) is 5.72. The lowest BCUT2D eigenvalue weighted by atomic mass is 10.1. The number of benzene rings is 1. The quantitative estimate of drug-likeness (QED) is 0.381. The highest BCUT2D eigenvalue weighted by molar-refractivity contribution is 5.85. The number of fused-ring (bicyclic) bond motifs is 1. The van der Waals surface area contributed by atoms with Gasteiger partial charge in [0.25, 0.3) is 0 Å². The van der Waals surface area contributed by atoms with E-state index in [0.29, 0.717) is 54.7 Å². The third-order valence-corrected chi connectivity index (χ3v) is 6.09. The van der Waals surface area contributed by atoms with E-state index in [1.165, 1.54) is 0 Å². The number of aromatic hydroxyl groups is 1. The maximum absolute atomic E-state index is 12.0. The summed E-state index contributed by atoms with van der Waals surface area (Å²) in [4.78, 5) is 32.3. The molecule has 0 spiro atoms. The van der Waals surface area contributed by atoms with Crippen LogP contribution in [0.4, 0.5) is 5.82 Å². The number of carbonyl (C=O) groups is 1. The topological polar surface area (TPSA) is 118 Å². The number of phenols is 1. The minimum Gasteiger partial charge on any atom is -0.508 e. The van der Waals surface area contributed by atoms with E-state index in [9.17, 15) is 9.90 Å². The number of pyridine rings is 1. The molecule has 1 fully saturated rings. The average Bonchev–Trinajstić information content (AvgIpc) is 3.49. The zero-order valence-electron chi connectivity index (χ0n) is 19.5. The Kier molecular flexibility index (Phi) is 6.42. The van der Waals surface area contributed by atoms with Gasteiger partial charge in [0, 0.05) is 50.4 Å². The molecular formula is C25H27N7O3. The largest absolute Gasteiger partial charge is 0.508 e. The van der Waals surface area contributed by atoms with Crippen LogP contribution in [0.5, 0.6) is 11.6 Å². The summed E-state index contributed by atoms with van der Waals surface area (Å²) in [5.74, 6) is 2.13. The number of aromatic nitrogens is 5. The molecule has 0 aliphatic carbocycles. The number of methoxy groups -OCH3 is 1. The number of rotatable bonds is 9. The first kappa shape index (κ1) is 22.6. The van der Waals surface area contributed by atoms with Crippen LogP contribution in [0.15, 0.2) is 48.9 Å². The van der Waals surface area contributed by atoms with E-state index in [0.717, 1.165) is 30.5 Å². The molecule has 35 heavy (non-hydrogen) atoms. The number of anilines is 1. The van der Waals surface area contributed by atoms with Crippen LogP contribution in [0.3, 0.4) is 0 Å². The monoisotopic (exact) mass is 473 g/mol. The molecule has 0 unspecified atom stereocenters. The molecule has 1 aliphatic heterocycles. The van der Waals surface area contributed by atoms with Gasteiger partial charge in [0.1, 0.15) is 11.3 Å². The van der Waals surface area contributed by atoms with Gasteiger partial charge in [-0.05, 0) is 36.6 Å². The molecule has 1 aliphatic rings. The lowest BCUT2D eigenvalue weighted by Gasteiger charge is -2.16. The molecular weight excluding hydrogens is 446 g/mol. The molecule has 2 N–H and O–H groups in total. The Hall–Kier alpha value is -4.21. The third-order valence-electron chi connectivity index (χ3n) is 6.09. The Labute approximate surface area is 202 Å². The second-order valence-corrected chi connectivity index (χ2v) is 8.42. The third kappa shape index (κ3) is 5.01. The molecule has 0 saturated carbocycles. The van der Waals surface area contributed by atoms with Gasteiger partial charge in [0.2, 0.25) is 11.8 Å². The van der Waals surface area contributed by atoms with Crippen LogP contribution in [-0.4, -0.2) is 67.2 Å². The normalized spacial score (nSPS) is 13.5. The first-order chi connectivity index (χ1) is 17.1. The second-order valence-electron chi connectivity index (χ2n) is 8.42. The number of nitrogens with one attached hydrogen (secondary N) is 1. The molecule has 5 rings (SSSR count). The molecule has 0 bridgehead atoms. The van der Waals surface area contributed by atoms with Gasteiger partial charge in [-0.15, -0.1) is 0 Å². The van der Waals surface area contributed by atoms with Crippen molar-refractivity contribution in [2.24, 2.45) is 0 Å². The number of phenolic OH excluding ortho intramolecular Hbond substituents is 1. The predicted octanol–water partition coefficient (Wildman–Crippen LogP) is 2.88. The van der Waals surface area contributed by atoms with E-state index in [-0.39, 0.29) is 11.7 Å². The Bertz CT molecular complexity index is 1320. The van der Waals surface area contributed by atoms with Crippen LogP contribution in [0.1, 0.15) is 18.4 Å². The Morgan fingerprint density at radius 2 is 1.94 bits per heavy atom. The summed E-state index contributed by atoms with van der Waals surface area (Å²) >= 11 is 0. The fourth-order valence-electron chi connectivity index (χ4n) is 4.15. The molecule has 1 saturated heterocycles. The minimum absolute atomic E-state index is 0.200. The number of carbonyl (C=O) groups excluding carboxylic acids is 1. The first-order valence-electron chi connectivity index (χ1n) is 11.6. The summed E-state index contributed by atoms with van der Waals surface area (Å²) in [7, 11) is 1.57. The highest BCUT2D eigenvalue weighted by Gasteiger charge is 2.21. The van der Waals surface area contributed by atoms with Crippen molar-refractivity contribution in [2.45, 2.75) is 25.8 Å². The maximum Gasteiger partial charge on any atom is 0.222 e. The summed E-state index contributed by atoms with van der Waals surface area (Å²) < 4.78 is 7.14. The van der Waals surface area contributed by atoms with Crippen molar-refractivity contribution >= 4 is 22.9 Å². The van der Waals surface area contributed by atoms with Gasteiger partial charge in [-0.1, -0.05) is 12.1 Å². The van der Waals surface area contributed by atoms with Gasteiger partial charge in [-0.3, -0.25) is 4.79 Å². The molecule has 0 atom stereocenters. The van der Waals surface area contributed by atoms with Gasteiger partial charge in [-0.2, -0.15) is 0 Å². The Morgan fingerprint density at radius 3 is 2.66 bits per heavy atom. The Morgan fingerprint density at radius 1 is 1.09 bits per heavy atom. The van der Waals surface area contributed by atoms with Crippen LogP contribution in [0.2, 0.25) is 0 Å². The fraction of sp³-hybridized carbons (Fsp3) is 0.320. The first-order valence-corrected chi connectivity index (χ1v) is 11.6. The standard InChI is InChI=1S/C25H27N7O3/c1-35-20-9-6-18(15-27-20)23-29-24(26-11-10-17-4-7-19(33)8-5-17)22-25(30-23)32(16-28-22)14-13-31-12-2-3-21(31)34/h4-9,15-16,33H,2-3,10-14H2,1H3,(H,26,29,30). The zero-order valence-corrected chi connectivity index (χ0v) is 19.5. The second kappa shape index (κ2) is 9.96. The van der Waals surface area contributed by atoms with Crippen LogP contribution in [0.25, 0.3) is 22.6 Å². The molecule has 4 heterocycles. The summed E-state index contributed by atoms with van der Waals surface area (Å²) in [6.45, 7) is 2.66. The molecule has 0 radical (unpaired) electrons. The van der Waals surface area contributed by atoms with Gasteiger partial charge >= 0.3 is 0 Å². The van der Waals surface area contributed by atoms with Crippen molar-refractivity contribution < 1.29 is 14.6 Å². The van der Waals surface area contributed by atoms with E-state index < -0.39 is 0 Å². The number of likely N-dealkylation sites (tertiary alicyclic amines) is 1. The van der Waals surface area contributed by atoms with Crippen molar-refractivity contribution in [2.75, 3.05) is 32.1 Å². The Balaban J connectivity index is 1.43. The summed E-state index contributed by atoms with van der Waals surface area (Å²) in [6, 6.07) is 10.8. The smallest absolute Gasteiger partial charge is 0.222 e. The molecule has 4 aromatic rings. The number of hydrogen-bond acceptors (Lipinski definition) is 8. The van der Waals surface area contributed by atoms with E-state index in [2.05, 4.69) is 15.3 Å². The molecule has 10 heteroatoms. The molecule has 1 aromatic carbocycles. The van der Waals surface area contributed by atoms with Crippen LogP contribution < -0.4 is 10.1 Å². The lowest BCUT2D eigenvalue weighted by Crippen LogP contribution is -2.28. The SMILES string of the molecule is COc1ccc(-c2nc(NCCc3ccc(O)cc3)c3ncn(CCN4CCCC4=O)c3n2)cn1. The van der Waals surface area contributed by atoms with Crippen molar-refractivity contribution in [1.29, 1.82) is 0 Å². The summed E-state index contributed by atoms with van der Waals surface area (Å²) in [5, 5.41) is 12.9. The summed E-state index contributed by atoms with van der Waals surface area (Å²) in [5.41, 5.74) is 3.23. The van der Waals surface area contributed by atoms with Crippen molar-refractivity contribution in [3.05, 3.63) is 54.5 Å². The van der Waals surface area contributed by atoms with Gasteiger partial charge in [-0.25, -0.2) is 19.9 Å². The number of amides is 1. The molecule has 180 valence electrons. The molecule has 10 nitrogen and oxygen atoms in total. The van der Waals surface area contributed by atoms with E-state index in [1.54, 1.807) is 37.8 Å². The predicted molar refractivity (Wildman–Crippen MR) is 131 cm³/mol. The molecule has 3 aromatic heterocycles. The van der Waals surface area contributed by atoms with Crippen molar-refractivity contribution in [1.82, 2.24) is 29.4 Å². The number of ether oxygens (including phenoxy) is 1. The molecule has 1 amide bonds. The fourth-order valence-corrected chi connectivity index (χ4v) is 4.15. The van der Waals surface area contributed by atoms with E-state index in [4.69, 9.17) is 14.7 Å². The number of hydrogen-bond donors (Lipinski definition) is 2. The number of nitrogens with zero attached hydrogens (tertiary/aromatic N) is 6. The minimum atomic E-state index is 0.200. The van der Waals surface area contributed by atoms with Crippen LogP contribution in [0, 0.1) is 0 Å². The van der Waals surface area contributed by atoms with E-state index in [1.807, 2.05) is 27.7 Å². The number of imidazole rings is 1. The van der Waals surface area contributed by atoms with E-state index >= 15 is 0 Å². The zero-order chi connectivity index (χ0) is 24.2. The van der Waals surface area contributed by atoms with Crippen molar-refractivity contribution in [3.8, 4) is 23.0 Å². The average molecular weight is 474 g/mol. The lowest BCUT2D eigenvalue weighted by molar-refractivity contribution is -0.127. The van der Waals surface area contributed by atoms with Crippen LogP contribution >= 0.6 is 0 Å². The van der Waals surface area contributed by atoms with Gasteiger partial charge < -0.3 is 24.6 Å². The maximum atomic E-state index is 12.0. The van der Waals surface area contributed by atoms with Gasteiger partial charge in [0.05, 0.1) is 13.4 Å². The van der Waals surface area contributed by atoms with Crippen molar-refractivity contribution in [3.63, 3.8) is 0 Å². The highest BCUT2D eigenvalue weighted by Crippen LogP contribution is 2.25. The van der Waals surface area contributed by atoms with Crippen LogP contribution in [-0.2, 0) is 17.8 Å².